The van der Waals surface area contributed by atoms with Crippen molar-refractivity contribution < 1.29 is 4.39 Å². The summed E-state index contributed by atoms with van der Waals surface area (Å²) in [7, 11) is 0. The second-order valence-corrected chi connectivity index (χ2v) is 4.60. The highest BCUT2D eigenvalue weighted by atomic mass is 35.5. The summed E-state index contributed by atoms with van der Waals surface area (Å²) in [6.45, 7) is 2.09. The van der Waals surface area contributed by atoms with Crippen molar-refractivity contribution in [2.75, 3.05) is 5.32 Å². The Kier molecular flexibility index (Phi) is 4.21. The van der Waals surface area contributed by atoms with Crippen LogP contribution in [0, 0.1) is 5.82 Å². The van der Waals surface area contributed by atoms with Gasteiger partial charge in [-0.1, -0.05) is 36.7 Å². The van der Waals surface area contributed by atoms with E-state index in [1.54, 1.807) is 6.07 Å². The van der Waals surface area contributed by atoms with Crippen molar-refractivity contribution >= 4 is 17.3 Å². The van der Waals surface area contributed by atoms with E-state index in [4.69, 9.17) is 11.6 Å². The third-order valence-corrected chi connectivity index (χ3v) is 3.10. The monoisotopic (exact) mass is 263 g/mol. The number of rotatable bonds is 4. The van der Waals surface area contributed by atoms with E-state index >= 15 is 0 Å². The number of benzene rings is 2. The molecular weight excluding hydrogens is 249 g/mol. The molecule has 0 bridgehead atoms. The molecule has 1 unspecified atom stereocenters. The Bertz CT molecular complexity index is 510. The van der Waals surface area contributed by atoms with Crippen LogP contribution in [-0.2, 0) is 0 Å². The summed E-state index contributed by atoms with van der Waals surface area (Å²) in [5.74, 6) is -0.231. The zero-order valence-corrected chi connectivity index (χ0v) is 10.9. The van der Waals surface area contributed by atoms with Crippen molar-refractivity contribution in [2.45, 2.75) is 19.4 Å². The smallest absolute Gasteiger partial charge is 0.125 e. The van der Waals surface area contributed by atoms with Gasteiger partial charge in [-0.05, 0) is 42.3 Å². The summed E-state index contributed by atoms with van der Waals surface area (Å²) in [6, 6.07) is 14.4. The molecule has 0 spiro atoms. The molecule has 1 atom stereocenters. The van der Waals surface area contributed by atoms with Gasteiger partial charge in [0.25, 0.3) is 0 Å². The third-order valence-electron chi connectivity index (χ3n) is 2.85. The molecule has 1 N–H and O–H groups in total. The molecule has 0 aliphatic carbocycles. The van der Waals surface area contributed by atoms with Crippen LogP contribution in [-0.4, -0.2) is 0 Å². The number of anilines is 1. The van der Waals surface area contributed by atoms with Gasteiger partial charge in [-0.25, -0.2) is 4.39 Å². The van der Waals surface area contributed by atoms with Gasteiger partial charge in [0.1, 0.15) is 5.82 Å². The number of hydrogen-bond donors (Lipinski definition) is 1. The van der Waals surface area contributed by atoms with Crippen LogP contribution >= 0.6 is 11.6 Å². The SMILES string of the molecule is CCC(Nc1cccc(F)c1)c1ccc(Cl)cc1. The van der Waals surface area contributed by atoms with E-state index < -0.39 is 0 Å². The highest BCUT2D eigenvalue weighted by Gasteiger charge is 2.09. The average molecular weight is 264 g/mol. The summed E-state index contributed by atoms with van der Waals surface area (Å²) in [4.78, 5) is 0. The highest BCUT2D eigenvalue weighted by molar-refractivity contribution is 6.30. The molecule has 1 nitrogen and oxygen atoms in total. The molecule has 0 aromatic heterocycles. The minimum Gasteiger partial charge on any atom is -0.378 e. The quantitative estimate of drug-likeness (QED) is 0.815. The van der Waals surface area contributed by atoms with Gasteiger partial charge in [-0.3, -0.25) is 0 Å². The first-order valence-corrected chi connectivity index (χ1v) is 6.34. The van der Waals surface area contributed by atoms with Gasteiger partial charge in [0.15, 0.2) is 0 Å². The van der Waals surface area contributed by atoms with Gasteiger partial charge in [0.2, 0.25) is 0 Å². The van der Waals surface area contributed by atoms with Crippen LogP contribution in [0.4, 0.5) is 10.1 Å². The predicted octanol–water partition coefficient (Wildman–Crippen LogP) is 5.04. The van der Waals surface area contributed by atoms with Gasteiger partial charge in [0, 0.05) is 10.7 Å². The van der Waals surface area contributed by atoms with Crippen molar-refractivity contribution in [3.05, 3.63) is 64.9 Å². The summed E-state index contributed by atoms with van der Waals surface area (Å²) < 4.78 is 13.1. The van der Waals surface area contributed by atoms with Crippen LogP contribution in [0.15, 0.2) is 48.5 Å². The fourth-order valence-corrected chi connectivity index (χ4v) is 2.02. The Morgan fingerprint density at radius 1 is 1.17 bits per heavy atom. The van der Waals surface area contributed by atoms with E-state index in [1.165, 1.54) is 12.1 Å². The molecular formula is C15H15ClFN. The van der Waals surface area contributed by atoms with Gasteiger partial charge < -0.3 is 5.32 Å². The maximum atomic E-state index is 13.1. The lowest BCUT2D eigenvalue weighted by atomic mass is 10.0. The second-order valence-electron chi connectivity index (χ2n) is 4.17. The van der Waals surface area contributed by atoms with E-state index in [2.05, 4.69) is 12.2 Å². The van der Waals surface area contributed by atoms with Crippen LogP contribution in [0.3, 0.4) is 0 Å². The third kappa shape index (κ3) is 3.23. The molecule has 0 heterocycles. The van der Waals surface area contributed by atoms with Crippen LogP contribution in [0.1, 0.15) is 24.9 Å². The van der Waals surface area contributed by atoms with Gasteiger partial charge >= 0.3 is 0 Å². The minimum atomic E-state index is -0.231. The summed E-state index contributed by atoms with van der Waals surface area (Å²) in [6.07, 6.45) is 0.915. The molecule has 2 aromatic rings. The van der Waals surface area contributed by atoms with E-state index in [1.807, 2.05) is 30.3 Å². The zero-order chi connectivity index (χ0) is 13.0. The Morgan fingerprint density at radius 3 is 2.50 bits per heavy atom. The lowest BCUT2D eigenvalue weighted by molar-refractivity contribution is 0.627. The zero-order valence-electron chi connectivity index (χ0n) is 10.2. The Hall–Kier alpha value is -1.54. The maximum Gasteiger partial charge on any atom is 0.125 e. The molecule has 2 aromatic carbocycles. The first kappa shape index (κ1) is 12.9. The summed E-state index contributed by atoms with van der Waals surface area (Å²) >= 11 is 5.87. The largest absolute Gasteiger partial charge is 0.378 e. The first-order valence-electron chi connectivity index (χ1n) is 5.96. The van der Waals surface area contributed by atoms with Crippen LogP contribution in [0.25, 0.3) is 0 Å². The first-order chi connectivity index (χ1) is 8.69. The van der Waals surface area contributed by atoms with E-state index in [9.17, 15) is 4.39 Å². The Morgan fingerprint density at radius 2 is 1.89 bits per heavy atom. The normalized spacial score (nSPS) is 12.2. The van der Waals surface area contributed by atoms with E-state index in [0.29, 0.717) is 0 Å². The molecule has 3 heteroatoms. The summed E-state index contributed by atoms with van der Waals surface area (Å²) in [5.41, 5.74) is 1.93. The van der Waals surface area contributed by atoms with Gasteiger partial charge in [-0.2, -0.15) is 0 Å². The molecule has 0 fully saturated rings. The van der Waals surface area contributed by atoms with E-state index in [-0.39, 0.29) is 11.9 Å². The molecule has 0 aliphatic heterocycles. The van der Waals surface area contributed by atoms with E-state index in [0.717, 1.165) is 22.7 Å². The molecule has 0 saturated carbocycles. The topological polar surface area (TPSA) is 12.0 Å². The second kappa shape index (κ2) is 5.87. The molecule has 0 aliphatic rings. The number of hydrogen-bond acceptors (Lipinski definition) is 1. The van der Waals surface area contributed by atoms with Gasteiger partial charge in [0.05, 0.1) is 6.04 Å². The fourth-order valence-electron chi connectivity index (χ4n) is 1.90. The minimum absolute atomic E-state index is 0.157. The lowest BCUT2D eigenvalue weighted by Gasteiger charge is -2.19. The maximum absolute atomic E-state index is 13.1. The molecule has 0 amide bonds. The standard InChI is InChI=1S/C15H15ClFN/c1-2-15(11-6-8-12(16)9-7-11)18-14-5-3-4-13(17)10-14/h3-10,15,18H,2H2,1H3. The number of nitrogens with one attached hydrogen (secondary N) is 1. The average Bonchev–Trinajstić information content (AvgIpc) is 2.37. The Balaban J connectivity index is 2.17. The predicted molar refractivity (Wildman–Crippen MR) is 74.5 cm³/mol. The Labute approximate surface area is 112 Å². The van der Waals surface area contributed by atoms with Crippen molar-refractivity contribution in [1.29, 1.82) is 0 Å². The number of halogens is 2. The van der Waals surface area contributed by atoms with Crippen molar-refractivity contribution in [3.63, 3.8) is 0 Å². The van der Waals surface area contributed by atoms with Crippen molar-refractivity contribution in [2.24, 2.45) is 0 Å². The highest BCUT2D eigenvalue weighted by Crippen LogP contribution is 2.24. The summed E-state index contributed by atoms with van der Waals surface area (Å²) in [5, 5.41) is 4.04. The van der Waals surface area contributed by atoms with Crippen LogP contribution in [0.2, 0.25) is 5.02 Å². The fraction of sp³-hybridized carbons (Fsp3) is 0.200. The van der Waals surface area contributed by atoms with Crippen LogP contribution in [0.5, 0.6) is 0 Å². The molecule has 2 rings (SSSR count). The van der Waals surface area contributed by atoms with Crippen LogP contribution < -0.4 is 5.32 Å². The molecule has 0 saturated heterocycles. The molecule has 94 valence electrons. The lowest BCUT2D eigenvalue weighted by Crippen LogP contribution is -2.09. The van der Waals surface area contributed by atoms with Crippen molar-refractivity contribution in [1.82, 2.24) is 0 Å². The van der Waals surface area contributed by atoms with Crippen molar-refractivity contribution in [3.8, 4) is 0 Å². The van der Waals surface area contributed by atoms with Gasteiger partial charge in [-0.15, -0.1) is 0 Å². The molecule has 0 radical (unpaired) electrons. The molecule has 18 heavy (non-hydrogen) atoms.